The Balaban J connectivity index is 4.93. The third-order valence-corrected chi connectivity index (χ3v) is 5.14. The zero-order valence-corrected chi connectivity index (χ0v) is 15.3. The number of hydrogen-bond donors (Lipinski definition) is 0. The van der Waals surface area contributed by atoms with E-state index in [1.807, 2.05) is 0 Å². The van der Waals surface area contributed by atoms with E-state index in [0.29, 0.717) is 18.3 Å². The molecule has 0 rings (SSSR count). The first-order valence-corrected chi connectivity index (χ1v) is 9.44. The average molecular weight is 310 g/mol. The van der Waals surface area contributed by atoms with Crippen LogP contribution in [0.25, 0.3) is 0 Å². The first-order chi connectivity index (χ1) is 10.6. The van der Waals surface area contributed by atoms with E-state index in [1.165, 1.54) is 38.5 Å². The summed E-state index contributed by atoms with van der Waals surface area (Å²) in [5.41, 5.74) is -0.537. The highest BCUT2D eigenvalue weighted by atomic mass is 16.1. The monoisotopic (exact) mass is 309 g/mol. The molecular weight excluding hydrogens is 272 g/mol. The molecule has 1 radical (unpaired) electrons. The Bertz CT molecular complexity index is 267. The van der Waals surface area contributed by atoms with Gasteiger partial charge >= 0.3 is 0 Å². The zero-order chi connectivity index (χ0) is 16.8. The molecule has 0 bridgehead atoms. The predicted molar refractivity (Wildman–Crippen MR) is 94.7 cm³/mol. The van der Waals surface area contributed by atoms with E-state index >= 15 is 0 Å². The molecule has 0 fully saturated rings. The quantitative estimate of drug-likeness (QED) is 0.354. The molecule has 0 heterocycles. The molecule has 22 heavy (non-hydrogen) atoms. The second kappa shape index (κ2) is 12.8. The standard InChI is InChI=1S/C20H37O2/c1-5-9-11-18(7-3)15-20(17-22,13-14-21)16-19(8-4)12-10-6-2/h14,18-19H,5-13,15-16H2,1-4H3. The second-order valence-electron chi connectivity index (χ2n) is 6.99. The van der Waals surface area contributed by atoms with Gasteiger partial charge in [-0.05, 0) is 24.7 Å². The van der Waals surface area contributed by atoms with Crippen LogP contribution in [0.5, 0.6) is 0 Å². The van der Waals surface area contributed by atoms with Crippen LogP contribution in [0.15, 0.2) is 0 Å². The summed E-state index contributed by atoms with van der Waals surface area (Å²) in [5, 5.41) is 0. The fourth-order valence-corrected chi connectivity index (χ4v) is 3.53. The van der Waals surface area contributed by atoms with Crippen molar-refractivity contribution < 1.29 is 9.59 Å². The van der Waals surface area contributed by atoms with Crippen LogP contribution in [-0.2, 0) is 9.59 Å². The lowest BCUT2D eigenvalue weighted by atomic mass is 9.69. The van der Waals surface area contributed by atoms with Crippen molar-refractivity contribution in [2.24, 2.45) is 17.3 Å². The summed E-state index contributed by atoms with van der Waals surface area (Å²) in [4.78, 5) is 23.0. The normalized spacial score (nSPS) is 16.7. The van der Waals surface area contributed by atoms with Crippen molar-refractivity contribution in [3.63, 3.8) is 0 Å². The zero-order valence-electron chi connectivity index (χ0n) is 15.3. The van der Waals surface area contributed by atoms with Crippen molar-refractivity contribution in [1.29, 1.82) is 0 Å². The maximum absolute atomic E-state index is 11.8. The van der Waals surface area contributed by atoms with Gasteiger partial charge in [0.2, 0.25) is 6.29 Å². The Morgan fingerprint density at radius 2 is 1.36 bits per heavy atom. The minimum Gasteiger partial charge on any atom is -0.303 e. The lowest BCUT2D eigenvalue weighted by Crippen LogP contribution is -2.29. The van der Waals surface area contributed by atoms with Gasteiger partial charge in [0, 0.05) is 11.8 Å². The van der Waals surface area contributed by atoms with Crippen LogP contribution in [-0.4, -0.2) is 12.6 Å². The summed E-state index contributed by atoms with van der Waals surface area (Å²) in [6.45, 7) is 8.81. The van der Waals surface area contributed by atoms with Gasteiger partial charge < -0.3 is 4.79 Å². The van der Waals surface area contributed by atoms with Crippen LogP contribution in [0, 0.1) is 17.3 Å². The van der Waals surface area contributed by atoms with Crippen LogP contribution in [0.3, 0.4) is 0 Å². The molecule has 0 aromatic carbocycles. The number of hydrogen-bond acceptors (Lipinski definition) is 2. The van der Waals surface area contributed by atoms with E-state index in [4.69, 9.17) is 0 Å². The number of rotatable bonds is 15. The van der Waals surface area contributed by atoms with Crippen molar-refractivity contribution in [3.05, 3.63) is 0 Å². The summed E-state index contributed by atoms with van der Waals surface area (Å²) < 4.78 is 0. The first-order valence-electron chi connectivity index (χ1n) is 9.44. The molecule has 2 heteroatoms. The third-order valence-electron chi connectivity index (χ3n) is 5.14. The second-order valence-corrected chi connectivity index (χ2v) is 6.99. The SMILES string of the molecule is CCCCC(CC)CC([C]=O)(CC=O)CC(CC)CCCC. The molecule has 0 saturated carbocycles. The summed E-state index contributed by atoms with van der Waals surface area (Å²) in [5.74, 6) is 1.09. The molecule has 0 aromatic heterocycles. The van der Waals surface area contributed by atoms with E-state index in [1.54, 1.807) is 0 Å². The van der Waals surface area contributed by atoms with Crippen LogP contribution < -0.4 is 0 Å². The molecule has 0 aliphatic rings. The first kappa shape index (κ1) is 21.3. The number of unbranched alkanes of at least 4 members (excludes halogenated alkanes) is 2. The third kappa shape index (κ3) is 8.10. The van der Waals surface area contributed by atoms with Gasteiger partial charge in [0.05, 0.1) is 0 Å². The number of aldehydes is 1. The van der Waals surface area contributed by atoms with Crippen molar-refractivity contribution in [3.8, 4) is 0 Å². The van der Waals surface area contributed by atoms with Gasteiger partial charge in [-0.1, -0.05) is 79.1 Å². The Hall–Kier alpha value is -0.660. The van der Waals surface area contributed by atoms with Gasteiger partial charge in [-0.2, -0.15) is 0 Å². The topological polar surface area (TPSA) is 34.1 Å². The van der Waals surface area contributed by atoms with Crippen LogP contribution in [0.2, 0.25) is 0 Å². The average Bonchev–Trinajstić information content (AvgIpc) is 2.55. The summed E-state index contributed by atoms with van der Waals surface area (Å²) in [6, 6.07) is 0. The van der Waals surface area contributed by atoms with Crippen molar-refractivity contribution in [2.45, 2.75) is 98.3 Å². The summed E-state index contributed by atoms with van der Waals surface area (Å²) >= 11 is 0. The van der Waals surface area contributed by atoms with Crippen LogP contribution >= 0.6 is 0 Å². The Morgan fingerprint density at radius 3 is 1.64 bits per heavy atom. The van der Waals surface area contributed by atoms with Crippen LogP contribution in [0.4, 0.5) is 0 Å². The minimum atomic E-state index is -0.537. The van der Waals surface area contributed by atoms with Crippen molar-refractivity contribution in [2.75, 3.05) is 0 Å². The Kier molecular flexibility index (Phi) is 12.5. The molecule has 129 valence electrons. The highest BCUT2D eigenvalue weighted by molar-refractivity contribution is 5.67. The Morgan fingerprint density at radius 1 is 0.909 bits per heavy atom. The highest BCUT2D eigenvalue weighted by Gasteiger charge is 2.35. The maximum Gasteiger partial charge on any atom is 0.205 e. The van der Waals surface area contributed by atoms with Crippen LogP contribution in [0.1, 0.15) is 98.3 Å². The van der Waals surface area contributed by atoms with Gasteiger partial charge in [0.1, 0.15) is 6.29 Å². The van der Waals surface area contributed by atoms with E-state index in [-0.39, 0.29) is 0 Å². The van der Waals surface area contributed by atoms with Gasteiger partial charge in [-0.3, -0.25) is 4.79 Å². The fraction of sp³-hybridized carbons (Fsp3) is 0.900. The van der Waals surface area contributed by atoms with Gasteiger partial charge in [0.25, 0.3) is 0 Å². The summed E-state index contributed by atoms with van der Waals surface area (Å²) in [7, 11) is 0. The Labute approximate surface area is 138 Å². The van der Waals surface area contributed by atoms with E-state index in [0.717, 1.165) is 32.0 Å². The van der Waals surface area contributed by atoms with Crippen molar-refractivity contribution >= 4 is 12.6 Å². The van der Waals surface area contributed by atoms with E-state index in [9.17, 15) is 9.59 Å². The smallest absolute Gasteiger partial charge is 0.205 e. The molecule has 0 aliphatic carbocycles. The van der Waals surface area contributed by atoms with Gasteiger partial charge in [-0.25, -0.2) is 0 Å². The molecule has 0 saturated heterocycles. The fourth-order valence-electron chi connectivity index (χ4n) is 3.53. The van der Waals surface area contributed by atoms with Gasteiger partial charge in [0.15, 0.2) is 0 Å². The molecule has 0 N–H and O–H groups in total. The lowest BCUT2D eigenvalue weighted by Gasteiger charge is -2.33. The molecule has 0 spiro atoms. The van der Waals surface area contributed by atoms with E-state index < -0.39 is 5.41 Å². The maximum atomic E-state index is 11.8. The largest absolute Gasteiger partial charge is 0.303 e. The number of carbonyl (C=O) groups is 1. The molecule has 0 aromatic rings. The van der Waals surface area contributed by atoms with Gasteiger partial charge in [-0.15, -0.1) is 0 Å². The molecule has 0 aliphatic heterocycles. The molecule has 2 unspecified atom stereocenters. The summed E-state index contributed by atoms with van der Waals surface area (Å²) in [6.07, 6.45) is 14.6. The molecule has 0 amide bonds. The highest BCUT2D eigenvalue weighted by Crippen LogP contribution is 2.39. The molecule has 2 atom stereocenters. The van der Waals surface area contributed by atoms with E-state index in [2.05, 4.69) is 34.0 Å². The predicted octanol–water partition coefficient (Wildman–Crippen LogP) is 5.88. The van der Waals surface area contributed by atoms with Crippen molar-refractivity contribution in [1.82, 2.24) is 0 Å². The minimum absolute atomic E-state index is 0.349. The molecular formula is C20H37O2. The molecule has 2 nitrogen and oxygen atoms in total. The lowest BCUT2D eigenvalue weighted by molar-refractivity contribution is -0.109. The number of carbonyl (C=O) groups excluding carboxylic acids is 2.